The van der Waals surface area contributed by atoms with Crippen LogP contribution in [0.4, 0.5) is 0 Å². The first-order valence-electron chi connectivity index (χ1n) is 6.83. The number of methoxy groups -OCH3 is 2. The van der Waals surface area contributed by atoms with Crippen LogP contribution in [0.15, 0.2) is 18.2 Å². The Balaban J connectivity index is 2.01. The highest BCUT2D eigenvalue weighted by Crippen LogP contribution is 2.27. The maximum atomic E-state index is 9.33. The summed E-state index contributed by atoms with van der Waals surface area (Å²) in [4.78, 5) is 0. The molecule has 2 N–H and O–H groups in total. The fraction of sp³-hybridized carbons (Fsp3) is 0.600. The topological polar surface area (TPSA) is 50.7 Å². The summed E-state index contributed by atoms with van der Waals surface area (Å²) in [7, 11) is 3.34. The highest BCUT2D eigenvalue weighted by molar-refractivity contribution is 5.40. The SMILES string of the molecule is COc1ccc(OC)c(CNC2CCCC2CO)c1. The predicted molar refractivity (Wildman–Crippen MR) is 74.6 cm³/mol. The number of aliphatic hydroxyl groups is 1. The van der Waals surface area contributed by atoms with Crippen LogP contribution in [0.3, 0.4) is 0 Å². The maximum absolute atomic E-state index is 9.33. The smallest absolute Gasteiger partial charge is 0.123 e. The fourth-order valence-electron chi connectivity index (χ4n) is 2.79. The third-order valence-corrected chi connectivity index (χ3v) is 3.94. The zero-order valence-electron chi connectivity index (χ0n) is 11.7. The molecule has 2 unspecified atom stereocenters. The largest absolute Gasteiger partial charge is 0.497 e. The van der Waals surface area contributed by atoms with Gasteiger partial charge in [0.15, 0.2) is 0 Å². The van der Waals surface area contributed by atoms with Crippen LogP contribution in [-0.4, -0.2) is 32.0 Å². The molecule has 1 aliphatic rings. The molecule has 1 aliphatic carbocycles. The molecule has 0 saturated heterocycles. The van der Waals surface area contributed by atoms with Gasteiger partial charge in [-0.1, -0.05) is 6.42 Å². The Morgan fingerprint density at radius 1 is 1.26 bits per heavy atom. The molecule has 0 radical (unpaired) electrons. The summed E-state index contributed by atoms with van der Waals surface area (Å²) < 4.78 is 10.6. The quantitative estimate of drug-likeness (QED) is 0.825. The van der Waals surface area contributed by atoms with E-state index in [1.54, 1.807) is 14.2 Å². The van der Waals surface area contributed by atoms with Gasteiger partial charge in [0.2, 0.25) is 0 Å². The van der Waals surface area contributed by atoms with Gasteiger partial charge in [0, 0.05) is 24.8 Å². The molecule has 1 fully saturated rings. The van der Waals surface area contributed by atoms with Crippen LogP contribution in [0.5, 0.6) is 11.5 Å². The van der Waals surface area contributed by atoms with Crippen molar-refractivity contribution in [1.29, 1.82) is 0 Å². The molecular weight excluding hydrogens is 242 g/mol. The van der Waals surface area contributed by atoms with Gasteiger partial charge in [-0.15, -0.1) is 0 Å². The maximum Gasteiger partial charge on any atom is 0.123 e. The van der Waals surface area contributed by atoms with E-state index in [0.717, 1.165) is 36.4 Å². The Labute approximate surface area is 114 Å². The number of hydrogen-bond donors (Lipinski definition) is 2. The molecule has 0 aromatic heterocycles. The van der Waals surface area contributed by atoms with Crippen LogP contribution in [0, 0.1) is 5.92 Å². The summed E-state index contributed by atoms with van der Waals surface area (Å²) in [6.45, 7) is 1.01. The van der Waals surface area contributed by atoms with Crippen LogP contribution in [0.1, 0.15) is 24.8 Å². The normalized spacial score (nSPS) is 22.5. The second-order valence-electron chi connectivity index (χ2n) is 5.04. The van der Waals surface area contributed by atoms with E-state index in [1.165, 1.54) is 6.42 Å². The second kappa shape index (κ2) is 6.78. The minimum absolute atomic E-state index is 0.271. The minimum Gasteiger partial charge on any atom is -0.497 e. The molecule has 2 atom stereocenters. The van der Waals surface area contributed by atoms with Gasteiger partial charge in [0.1, 0.15) is 11.5 Å². The van der Waals surface area contributed by atoms with Crippen molar-refractivity contribution in [2.24, 2.45) is 5.92 Å². The van der Waals surface area contributed by atoms with Crippen molar-refractivity contribution >= 4 is 0 Å². The van der Waals surface area contributed by atoms with Gasteiger partial charge in [-0.05, 0) is 37.0 Å². The van der Waals surface area contributed by atoms with Crippen molar-refractivity contribution in [1.82, 2.24) is 5.32 Å². The van der Waals surface area contributed by atoms with E-state index in [-0.39, 0.29) is 6.61 Å². The number of rotatable bonds is 6. The molecular formula is C15H23NO3. The lowest BCUT2D eigenvalue weighted by Gasteiger charge is -2.20. The van der Waals surface area contributed by atoms with Crippen LogP contribution >= 0.6 is 0 Å². The van der Waals surface area contributed by atoms with Gasteiger partial charge < -0.3 is 19.9 Å². The van der Waals surface area contributed by atoms with Gasteiger partial charge in [0.25, 0.3) is 0 Å². The number of aliphatic hydroxyl groups excluding tert-OH is 1. The van der Waals surface area contributed by atoms with Crippen LogP contribution in [-0.2, 0) is 6.54 Å². The van der Waals surface area contributed by atoms with Gasteiger partial charge in [-0.3, -0.25) is 0 Å². The van der Waals surface area contributed by atoms with Crippen LogP contribution < -0.4 is 14.8 Å². The Morgan fingerprint density at radius 3 is 2.79 bits per heavy atom. The van der Waals surface area contributed by atoms with Crippen molar-refractivity contribution in [2.75, 3.05) is 20.8 Å². The number of ether oxygens (including phenoxy) is 2. The summed E-state index contributed by atoms with van der Waals surface area (Å²) in [5.41, 5.74) is 1.09. The number of benzene rings is 1. The lowest BCUT2D eigenvalue weighted by atomic mass is 10.0. The van der Waals surface area contributed by atoms with Gasteiger partial charge >= 0.3 is 0 Å². The van der Waals surface area contributed by atoms with Gasteiger partial charge in [0.05, 0.1) is 14.2 Å². The Hall–Kier alpha value is -1.26. The number of nitrogens with one attached hydrogen (secondary N) is 1. The first-order chi connectivity index (χ1) is 9.28. The zero-order chi connectivity index (χ0) is 13.7. The molecule has 19 heavy (non-hydrogen) atoms. The lowest BCUT2D eigenvalue weighted by molar-refractivity contribution is 0.205. The molecule has 4 nitrogen and oxygen atoms in total. The zero-order valence-corrected chi connectivity index (χ0v) is 11.7. The first kappa shape index (κ1) is 14.2. The van der Waals surface area contributed by atoms with E-state index < -0.39 is 0 Å². The standard InChI is InChI=1S/C15H23NO3/c1-18-13-6-7-15(19-2)12(8-13)9-16-14-5-3-4-11(14)10-17/h6-8,11,14,16-17H,3-5,9-10H2,1-2H3. The number of hydrogen-bond acceptors (Lipinski definition) is 4. The average Bonchev–Trinajstić information content (AvgIpc) is 2.92. The van der Waals surface area contributed by atoms with Crippen molar-refractivity contribution in [3.63, 3.8) is 0 Å². The van der Waals surface area contributed by atoms with Crippen LogP contribution in [0.2, 0.25) is 0 Å². The van der Waals surface area contributed by atoms with Gasteiger partial charge in [-0.25, -0.2) is 0 Å². The molecule has 0 amide bonds. The monoisotopic (exact) mass is 265 g/mol. The average molecular weight is 265 g/mol. The van der Waals surface area contributed by atoms with Crippen molar-refractivity contribution in [3.8, 4) is 11.5 Å². The summed E-state index contributed by atoms with van der Waals surface area (Å²) in [5.74, 6) is 2.09. The van der Waals surface area contributed by atoms with E-state index in [1.807, 2.05) is 18.2 Å². The third kappa shape index (κ3) is 3.39. The van der Waals surface area contributed by atoms with Gasteiger partial charge in [-0.2, -0.15) is 0 Å². The molecule has 0 bridgehead atoms. The highest BCUT2D eigenvalue weighted by atomic mass is 16.5. The van der Waals surface area contributed by atoms with Crippen LogP contribution in [0.25, 0.3) is 0 Å². The van der Waals surface area contributed by atoms with Crippen molar-refractivity contribution in [2.45, 2.75) is 31.8 Å². The molecule has 1 saturated carbocycles. The molecule has 0 heterocycles. The summed E-state index contributed by atoms with van der Waals surface area (Å²) in [6.07, 6.45) is 3.44. The molecule has 106 valence electrons. The molecule has 1 aromatic carbocycles. The molecule has 0 aliphatic heterocycles. The lowest BCUT2D eigenvalue weighted by Crippen LogP contribution is -2.33. The Kier molecular flexibility index (Phi) is 5.05. The van der Waals surface area contributed by atoms with E-state index in [9.17, 15) is 5.11 Å². The van der Waals surface area contributed by atoms with E-state index in [0.29, 0.717) is 12.0 Å². The fourth-order valence-corrected chi connectivity index (χ4v) is 2.79. The summed E-state index contributed by atoms with van der Waals surface area (Å²) >= 11 is 0. The molecule has 4 heteroatoms. The predicted octanol–water partition coefficient (Wildman–Crippen LogP) is 1.95. The minimum atomic E-state index is 0.271. The Bertz CT molecular complexity index is 408. The van der Waals surface area contributed by atoms with E-state index in [2.05, 4.69) is 5.32 Å². The second-order valence-corrected chi connectivity index (χ2v) is 5.04. The molecule has 2 rings (SSSR count). The summed E-state index contributed by atoms with van der Waals surface area (Å²) in [6, 6.07) is 6.22. The van der Waals surface area contributed by atoms with Crippen molar-refractivity contribution in [3.05, 3.63) is 23.8 Å². The molecule has 1 aromatic rings. The van der Waals surface area contributed by atoms with E-state index in [4.69, 9.17) is 9.47 Å². The van der Waals surface area contributed by atoms with Crippen molar-refractivity contribution < 1.29 is 14.6 Å². The highest BCUT2D eigenvalue weighted by Gasteiger charge is 2.26. The van der Waals surface area contributed by atoms with E-state index >= 15 is 0 Å². The third-order valence-electron chi connectivity index (χ3n) is 3.94. The summed E-state index contributed by atoms with van der Waals surface area (Å²) in [5, 5.41) is 12.9. The molecule has 0 spiro atoms. The Morgan fingerprint density at radius 2 is 2.11 bits per heavy atom. The first-order valence-corrected chi connectivity index (χ1v) is 6.83.